The SMILES string of the molecule is COc1cc2c(c(C)c1OC)CCN=C2C1=NCCc2c1cc(OC)c(OC)c2C. The molecule has 6 nitrogen and oxygen atoms in total. The van der Waals surface area contributed by atoms with Crippen molar-refractivity contribution in [3.05, 3.63) is 45.5 Å². The first kappa shape index (κ1) is 20.3. The summed E-state index contributed by atoms with van der Waals surface area (Å²) in [5, 5.41) is 0. The smallest absolute Gasteiger partial charge is 0.163 e. The summed E-state index contributed by atoms with van der Waals surface area (Å²) in [6.07, 6.45) is 1.74. The van der Waals surface area contributed by atoms with E-state index in [1.54, 1.807) is 28.4 Å². The number of ether oxygens (including phenoxy) is 4. The number of rotatable bonds is 5. The summed E-state index contributed by atoms with van der Waals surface area (Å²) in [5.74, 6) is 2.99. The van der Waals surface area contributed by atoms with E-state index in [0.29, 0.717) is 11.5 Å². The molecule has 0 bridgehead atoms. The van der Waals surface area contributed by atoms with E-state index in [1.807, 2.05) is 12.1 Å². The minimum atomic E-state index is 0.712. The number of nitrogens with zero attached hydrogens (tertiary/aromatic N) is 2. The highest BCUT2D eigenvalue weighted by Crippen LogP contribution is 2.40. The standard InChI is InChI=1S/C24H28N2O4/c1-13-15-7-9-25-21(17(15)11-19(27-3)23(13)29-5)22-18-12-20(28-4)24(30-6)14(2)16(18)8-10-26-22/h11-12H,7-10H2,1-6H3. The summed E-state index contributed by atoms with van der Waals surface area (Å²) >= 11 is 0. The minimum absolute atomic E-state index is 0.712. The van der Waals surface area contributed by atoms with Gasteiger partial charge in [-0.05, 0) is 61.1 Å². The Balaban J connectivity index is 1.91. The lowest BCUT2D eigenvalue weighted by Gasteiger charge is -2.27. The average molecular weight is 408 g/mol. The fourth-order valence-corrected chi connectivity index (χ4v) is 4.63. The van der Waals surface area contributed by atoms with Gasteiger partial charge in [0, 0.05) is 24.2 Å². The fourth-order valence-electron chi connectivity index (χ4n) is 4.63. The highest BCUT2D eigenvalue weighted by molar-refractivity contribution is 6.54. The third-order valence-corrected chi connectivity index (χ3v) is 6.08. The van der Waals surface area contributed by atoms with Crippen LogP contribution in [0.3, 0.4) is 0 Å². The molecule has 0 amide bonds. The molecule has 0 fully saturated rings. The zero-order chi connectivity index (χ0) is 21.4. The maximum absolute atomic E-state index is 5.62. The predicted octanol–water partition coefficient (Wildman–Crippen LogP) is 3.73. The van der Waals surface area contributed by atoms with E-state index in [4.69, 9.17) is 28.9 Å². The third kappa shape index (κ3) is 3.02. The lowest BCUT2D eigenvalue weighted by Crippen LogP contribution is -2.28. The van der Waals surface area contributed by atoms with E-state index in [2.05, 4.69) is 13.8 Å². The van der Waals surface area contributed by atoms with Crippen LogP contribution in [-0.2, 0) is 12.8 Å². The Bertz CT molecular complexity index is 984. The van der Waals surface area contributed by atoms with Crippen LogP contribution >= 0.6 is 0 Å². The van der Waals surface area contributed by atoms with Crippen LogP contribution in [0.25, 0.3) is 0 Å². The summed E-state index contributed by atoms with van der Waals surface area (Å²) in [5.41, 5.74) is 8.62. The Hall–Kier alpha value is -3.02. The van der Waals surface area contributed by atoms with Crippen molar-refractivity contribution in [2.75, 3.05) is 41.5 Å². The van der Waals surface area contributed by atoms with Crippen molar-refractivity contribution in [3.63, 3.8) is 0 Å². The molecule has 0 unspecified atom stereocenters. The second-order valence-electron chi connectivity index (χ2n) is 7.49. The lowest BCUT2D eigenvalue weighted by atomic mass is 9.85. The molecule has 0 atom stereocenters. The van der Waals surface area contributed by atoms with Gasteiger partial charge in [-0.3, -0.25) is 9.98 Å². The topological polar surface area (TPSA) is 61.6 Å². The molecule has 2 aromatic carbocycles. The Morgan fingerprint density at radius 2 is 1.03 bits per heavy atom. The molecule has 0 saturated carbocycles. The van der Waals surface area contributed by atoms with Crippen LogP contribution in [-0.4, -0.2) is 53.0 Å². The summed E-state index contributed by atoms with van der Waals surface area (Å²) in [7, 11) is 6.69. The molecule has 0 saturated heterocycles. The molecule has 2 aromatic rings. The molecular weight excluding hydrogens is 380 g/mol. The molecule has 0 radical (unpaired) electrons. The van der Waals surface area contributed by atoms with Crippen LogP contribution in [0.15, 0.2) is 22.1 Å². The van der Waals surface area contributed by atoms with E-state index in [9.17, 15) is 0 Å². The van der Waals surface area contributed by atoms with Gasteiger partial charge in [-0.25, -0.2) is 0 Å². The van der Waals surface area contributed by atoms with Crippen LogP contribution in [0.4, 0.5) is 0 Å². The number of fused-ring (bicyclic) bond motifs is 2. The maximum Gasteiger partial charge on any atom is 0.163 e. The lowest BCUT2D eigenvalue weighted by molar-refractivity contribution is 0.352. The Morgan fingerprint density at radius 1 is 0.633 bits per heavy atom. The number of hydrogen-bond donors (Lipinski definition) is 0. The molecule has 30 heavy (non-hydrogen) atoms. The highest BCUT2D eigenvalue weighted by Gasteiger charge is 2.29. The molecule has 6 heteroatoms. The summed E-state index contributed by atoms with van der Waals surface area (Å²) in [6.45, 7) is 5.61. The van der Waals surface area contributed by atoms with Crippen LogP contribution < -0.4 is 18.9 Å². The number of aliphatic imine (C=N–C) groups is 2. The third-order valence-electron chi connectivity index (χ3n) is 6.08. The first-order valence-corrected chi connectivity index (χ1v) is 10.1. The number of benzene rings is 2. The molecule has 2 aliphatic heterocycles. The van der Waals surface area contributed by atoms with Crippen molar-refractivity contribution in [3.8, 4) is 23.0 Å². The monoisotopic (exact) mass is 408 g/mol. The van der Waals surface area contributed by atoms with E-state index in [0.717, 1.165) is 71.1 Å². The van der Waals surface area contributed by atoms with Gasteiger partial charge in [-0.15, -0.1) is 0 Å². The zero-order valence-corrected chi connectivity index (χ0v) is 18.5. The van der Waals surface area contributed by atoms with Crippen molar-refractivity contribution in [2.45, 2.75) is 26.7 Å². The molecule has 0 N–H and O–H groups in total. The van der Waals surface area contributed by atoms with Crippen molar-refractivity contribution in [1.82, 2.24) is 0 Å². The molecule has 4 rings (SSSR count). The second kappa shape index (κ2) is 8.01. The van der Waals surface area contributed by atoms with Crippen molar-refractivity contribution in [1.29, 1.82) is 0 Å². The van der Waals surface area contributed by atoms with Crippen LogP contribution in [0.5, 0.6) is 23.0 Å². The molecule has 0 spiro atoms. The van der Waals surface area contributed by atoms with E-state index < -0.39 is 0 Å². The van der Waals surface area contributed by atoms with Gasteiger partial charge in [0.2, 0.25) is 0 Å². The van der Waals surface area contributed by atoms with Crippen LogP contribution in [0, 0.1) is 13.8 Å². The molecule has 2 aliphatic rings. The van der Waals surface area contributed by atoms with Gasteiger partial charge >= 0.3 is 0 Å². The molecule has 0 aliphatic carbocycles. The number of hydrogen-bond acceptors (Lipinski definition) is 6. The summed E-state index contributed by atoms with van der Waals surface area (Å²) in [4.78, 5) is 9.82. The fraction of sp³-hybridized carbons (Fsp3) is 0.417. The van der Waals surface area contributed by atoms with E-state index >= 15 is 0 Å². The van der Waals surface area contributed by atoms with Crippen LogP contribution in [0.1, 0.15) is 33.4 Å². The van der Waals surface area contributed by atoms with E-state index in [1.165, 1.54) is 11.1 Å². The average Bonchev–Trinajstić information content (AvgIpc) is 2.78. The predicted molar refractivity (Wildman–Crippen MR) is 119 cm³/mol. The second-order valence-corrected chi connectivity index (χ2v) is 7.49. The van der Waals surface area contributed by atoms with Crippen LogP contribution in [0.2, 0.25) is 0 Å². The van der Waals surface area contributed by atoms with Gasteiger partial charge in [0.1, 0.15) is 0 Å². The van der Waals surface area contributed by atoms with Gasteiger partial charge in [0.15, 0.2) is 23.0 Å². The van der Waals surface area contributed by atoms with Crippen molar-refractivity contribution in [2.24, 2.45) is 9.98 Å². The van der Waals surface area contributed by atoms with Crippen molar-refractivity contribution < 1.29 is 18.9 Å². The molecule has 158 valence electrons. The minimum Gasteiger partial charge on any atom is -0.493 e. The highest BCUT2D eigenvalue weighted by atomic mass is 16.5. The van der Waals surface area contributed by atoms with Gasteiger partial charge in [-0.2, -0.15) is 0 Å². The van der Waals surface area contributed by atoms with Crippen molar-refractivity contribution >= 4 is 11.4 Å². The molecular formula is C24H28N2O4. The van der Waals surface area contributed by atoms with E-state index in [-0.39, 0.29) is 0 Å². The Labute approximate surface area is 177 Å². The van der Waals surface area contributed by atoms with Gasteiger partial charge in [0.05, 0.1) is 39.9 Å². The summed E-state index contributed by atoms with van der Waals surface area (Å²) in [6, 6.07) is 4.06. The normalized spacial score (nSPS) is 14.9. The first-order chi connectivity index (χ1) is 14.5. The zero-order valence-electron chi connectivity index (χ0n) is 18.5. The Morgan fingerprint density at radius 3 is 1.37 bits per heavy atom. The van der Waals surface area contributed by atoms with Gasteiger partial charge in [-0.1, -0.05) is 0 Å². The summed E-state index contributed by atoms with van der Waals surface area (Å²) < 4.78 is 22.5. The maximum atomic E-state index is 5.62. The first-order valence-electron chi connectivity index (χ1n) is 10.1. The Kier molecular flexibility index (Phi) is 5.41. The van der Waals surface area contributed by atoms with Gasteiger partial charge < -0.3 is 18.9 Å². The quantitative estimate of drug-likeness (QED) is 0.756. The largest absolute Gasteiger partial charge is 0.493 e. The number of methoxy groups -OCH3 is 4. The van der Waals surface area contributed by atoms with Gasteiger partial charge in [0.25, 0.3) is 0 Å². The molecule has 2 heterocycles. The molecule has 0 aromatic heterocycles.